The number of thiophene rings is 2. The van der Waals surface area contributed by atoms with Gasteiger partial charge in [0.05, 0.1) is 23.4 Å². The Morgan fingerprint density at radius 3 is 1.61 bits per heavy atom. The molecule has 0 amide bonds. The van der Waals surface area contributed by atoms with Crippen molar-refractivity contribution in [2.45, 2.75) is 14.1 Å². The fourth-order valence-corrected chi connectivity index (χ4v) is 15.1. The molecule has 0 aliphatic carbocycles. The van der Waals surface area contributed by atoms with Gasteiger partial charge in [0.1, 0.15) is 0 Å². The highest BCUT2D eigenvalue weighted by atomic mass is 32.2. The molecular formula is C51H39NOS6. The van der Waals surface area contributed by atoms with Crippen molar-refractivity contribution in [2.75, 3.05) is 30.5 Å². The standard InChI is InChI=1S/C51H39NOS6/c1-2-27-53-30-51(33-56-50-52-44-23-5-8-26-47(44)59-50,31-54-36-15-9-13-34(28-36)38-19-11-21-42-40-17-3-6-24-45(40)57-48(38)42)32-55-37-16-10-14-35(29-37)39-20-12-22-43-41-18-4-7-25-46(41)58-49(39)43/h2-26,28-29H,1,27,30-33H2. The first kappa shape index (κ1) is 38.8. The van der Waals surface area contributed by atoms with Crippen molar-refractivity contribution in [2.24, 2.45) is 5.41 Å². The van der Waals surface area contributed by atoms with Gasteiger partial charge in [-0.25, -0.2) is 4.98 Å². The molecule has 0 aliphatic rings. The molecule has 0 N–H and O–H groups in total. The SMILES string of the molecule is C=CCOCC(CSc1cccc(-c2cccc3c2sc2ccccc23)c1)(CSc1cccc(-c2cccc3c2sc2ccccc23)c1)CSc1nc2ccccc2s1. The number of hydrogen-bond acceptors (Lipinski definition) is 8. The maximum atomic E-state index is 6.44. The molecule has 0 fully saturated rings. The van der Waals surface area contributed by atoms with E-state index in [1.165, 1.54) is 77.1 Å². The van der Waals surface area contributed by atoms with E-state index in [1.54, 1.807) is 11.3 Å². The van der Waals surface area contributed by atoms with Crippen molar-refractivity contribution >= 4 is 120 Å². The Bertz CT molecular complexity index is 2910. The second-order valence-corrected chi connectivity index (χ2v) is 21.2. The Kier molecular flexibility index (Phi) is 11.4. The number of benzene rings is 7. The topological polar surface area (TPSA) is 22.1 Å². The lowest BCUT2D eigenvalue weighted by Gasteiger charge is -2.33. The van der Waals surface area contributed by atoms with E-state index in [4.69, 9.17) is 9.72 Å². The van der Waals surface area contributed by atoms with E-state index in [0.717, 1.165) is 27.1 Å². The Morgan fingerprint density at radius 1 is 0.525 bits per heavy atom. The number of thiazole rings is 1. The first-order chi connectivity index (χ1) is 29.1. The summed E-state index contributed by atoms with van der Waals surface area (Å²) in [6.45, 7) is 5.13. The average Bonchev–Trinajstić information content (AvgIpc) is 4.00. The number of nitrogens with zero attached hydrogens (tertiary/aromatic N) is 1. The summed E-state index contributed by atoms with van der Waals surface area (Å²) in [5.41, 5.74) is 5.98. The monoisotopic (exact) mass is 873 g/mol. The van der Waals surface area contributed by atoms with Crippen molar-refractivity contribution < 1.29 is 4.74 Å². The molecule has 3 aromatic heterocycles. The number of fused-ring (bicyclic) bond motifs is 7. The molecule has 0 spiro atoms. The van der Waals surface area contributed by atoms with Crippen molar-refractivity contribution in [3.8, 4) is 22.3 Å². The van der Waals surface area contributed by atoms with Gasteiger partial charge in [-0.2, -0.15) is 0 Å². The van der Waals surface area contributed by atoms with Gasteiger partial charge in [0.2, 0.25) is 0 Å². The molecule has 8 heteroatoms. The fraction of sp³-hybridized carbons (Fsp3) is 0.118. The van der Waals surface area contributed by atoms with Crippen LogP contribution in [0.5, 0.6) is 0 Å². The van der Waals surface area contributed by atoms with Gasteiger partial charge < -0.3 is 4.74 Å². The third-order valence-electron chi connectivity index (χ3n) is 10.6. The zero-order valence-corrected chi connectivity index (χ0v) is 37.0. The summed E-state index contributed by atoms with van der Waals surface area (Å²) in [6.07, 6.45) is 1.86. The molecular weight excluding hydrogens is 835 g/mol. The molecule has 0 atom stereocenters. The van der Waals surface area contributed by atoms with Gasteiger partial charge in [0.15, 0.2) is 4.34 Å². The maximum Gasteiger partial charge on any atom is 0.151 e. The maximum absolute atomic E-state index is 6.44. The minimum atomic E-state index is -0.177. The predicted molar refractivity (Wildman–Crippen MR) is 265 cm³/mol. The average molecular weight is 874 g/mol. The Hall–Kier alpha value is -4.38. The summed E-state index contributed by atoms with van der Waals surface area (Å²) in [4.78, 5) is 7.56. The van der Waals surface area contributed by atoms with Crippen molar-refractivity contribution in [3.05, 3.63) is 170 Å². The number of hydrogen-bond donors (Lipinski definition) is 0. The summed E-state index contributed by atoms with van der Waals surface area (Å²) in [7, 11) is 0. The van der Waals surface area contributed by atoms with Crippen molar-refractivity contribution in [1.29, 1.82) is 0 Å². The minimum absolute atomic E-state index is 0.177. The van der Waals surface area contributed by atoms with Crippen LogP contribution in [-0.2, 0) is 4.74 Å². The van der Waals surface area contributed by atoms with Crippen LogP contribution < -0.4 is 0 Å². The van der Waals surface area contributed by atoms with Gasteiger partial charge in [0, 0.05) is 72.8 Å². The van der Waals surface area contributed by atoms with Crippen LogP contribution in [0, 0.1) is 5.41 Å². The first-order valence-corrected chi connectivity index (χ1v) is 25.0. The molecule has 10 aromatic rings. The van der Waals surface area contributed by atoms with Crippen molar-refractivity contribution in [1.82, 2.24) is 4.98 Å². The smallest absolute Gasteiger partial charge is 0.151 e. The quantitative estimate of drug-likeness (QED) is 0.0580. The lowest BCUT2D eigenvalue weighted by Crippen LogP contribution is -2.35. The normalized spacial score (nSPS) is 12.1. The highest BCUT2D eigenvalue weighted by molar-refractivity contribution is 8.02. The third kappa shape index (κ3) is 8.12. The van der Waals surface area contributed by atoms with Crippen LogP contribution in [0.25, 0.3) is 72.8 Å². The summed E-state index contributed by atoms with van der Waals surface area (Å²) in [5.74, 6) is 2.67. The van der Waals surface area contributed by atoms with Gasteiger partial charge in [-0.05, 0) is 70.8 Å². The first-order valence-electron chi connectivity index (χ1n) is 19.6. The van der Waals surface area contributed by atoms with Crippen LogP contribution in [0.1, 0.15) is 0 Å². The molecule has 0 saturated carbocycles. The summed E-state index contributed by atoms with van der Waals surface area (Å²) in [6, 6.07) is 57.6. The second-order valence-electron chi connectivity index (χ2n) is 14.7. The number of aromatic nitrogens is 1. The fourth-order valence-electron chi connectivity index (χ4n) is 7.67. The minimum Gasteiger partial charge on any atom is -0.377 e. The highest BCUT2D eigenvalue weighted by Crippen LogP contribution is 2.45. The second kappa shape index (κ2) is 17.3. The zero-order chi connectivity index (χ0) is 39.6. The van der Waals surface area contributed by atoms with E-state index < -0.39 is 0 Å². The van der Waals surface area contributed by atoms with Crippen molar-refractivity contribution in [3.63, 3.8) is 0 Å². The van der Waals surface area contributed by atoms with Gasteiger partial charge in [-0.1, -0.05) is 127 Å². The predicted octanol–water partition coefficient (Wildman–Crippen LogP) is 16.2. The molecule has 0 bridgehead atoms. The van der Waals surface area contributed by atoms with Gasteiger partial charge in [0.25, 0.3) is 0 Å². The molecule has 10 rings (SSSR count). The molecule has 3 heterocycles. The number of thioether (sulfide) groups is 3. The molecule has 0 aliphatic heterocycles. The Labute approximate surface area is 369 Å². The molecule has 290 valence electrons. The molecule has 7 aromatic carbocycles. The Balaban J connectivity index is 0.964. The van der Waals surface area contributed by atoms with E-state index in [2.05, 4.69) is 164 Å². The molecule has 0 radical (unpaired) electrons. The molecule has 0 saturated heterocycles. The Morgan fingerprint density at radius 2 is 1.03 bits per heavy atom. The summed E-state index contributed by atoms with van der Waals surface area (Å²) < 4.78 is 14.1. The number of rotatable bonds is 15. The van der Waals surface area contributed by atoms with E-state index in [1.807, 2.05) is 64.0 Å². The highest BCUT2D eigenvalue weighted by Gasteiger charge is 2.32. The molecule has 2 nitrogen and oxygen atoms in total. The molecule has 59 heavy (non-hydrogen) atoms. The lowest BCUT2D eigenvalue weighted by molar-refractivity contribution is 0.0982. The lowest BCUT2D eigenvalue weighted by atomic mass is 9.97. The van der Waals surface area contributed by atoms with Gasteiger partial charge in [-0.15, -0.1) is 64.1 Å². The van der Waals surface area contributed by atoms with Crippen LogP contribution in [-0.4, -0.2) is 35.5 Å². The number of para-hydroxylation sites is 1. The van der Waals surface area contributed by atoms with E-state index >= 15 is 0 Å². The van der Waals surface area contributed by atoms with Crippen LogP contribution in [0.4, 0.5) is 0 Å². The van der Waals surface area contributed by atoms with E-state index in [0.29, 0.717) is 13.2 Å². The summed E-state index contributed by atoms with van der Waals surface area (Å²) >= 11 is 11.3. The third-order valence-corrected chi connectivity index (χ3v) is 18.3. The van der Waals surface area contributed by atoms with Crippen LogP contribution in [0.3, 0.4) is 0 Å². The van der Waals surface area contributed by atoms with Gasteiger partial charge in [-0.3, -0.25) is 0 Å². The molecule has 0 unspecified atom stereocenters. The van der Waals surface area contributed by atoms with Crippen LogP contribution >= 0.6 is 69.3 Å². The van der Waals surface area contributed by atoms with Gasteiger partial charge >= 0.3 is 0 Å². The number of ether oxygens (including phenoxy) is 1. The zero-order valence-electron chi connectivity index (χ0n) is 32.1. The van der Waals surface area contributed by atoms with Crippen LogP contribution in [0.2, 0.25) is 0 Å². The largest absolute Gasteiger partial charge is 0.377 e. The van der Waals surface area contributed by atoms with E-state index in [9.17, 15) is 0 Å². The summed E-state index contributed by atoms with van der Waals surface area (Å²) in [5, 5.41) is 5.31. The van der Waals surface area contributed by atoms with Crippen LogP contribution in [0.15, 0.2) is 185 Å². The van der Waals surface area contributed by atoms with E-state index in [-0.39, 0.29) is 5.41 Å².